The molecule has 3 nitrogen and oxygen atoms in total. The molecule has 2 rings (SSSR count). The van der Waals surface area contributed by atoms with Crippen molar-refractivity contribution in [3.8, 4) is 0 Å². The summed E-state index contributed by atoms with van der Waals surface area (Å²) in [7, 11) is 0. The highest BCUT2D eigenvalue weighted by Crippen LogP contribution is 2.48. The van der Waals surface area contributed by atoms with Crippen LogP contribution in [0.4, 0.5) is 0 Å². The van der Waals surface area contributed by atoms with Gasteiger partial charge in [0, 0.05) is 11.3 Å². The molecule has 110 valence electrons. The first-order chi connectivity index (χ1) is 8.94. The molecular weight excluding hydrogens is 256 g/mol. The molecule has 3 atom stereocenters. The Morgan fingerprint density at radius 3 is 2.47 bits per heavy atom. The summed E-state index contributed by atoms with van der Waals surface area (Å²) in [5, 5.41) is 3.58. The van der Waals surface area contributed by atoms with E-state index in [4.69, 9.17) is 0 Å². The predicted molar refractivity (Wildman–Crippen MR) is 82.2 cm³/mol. The lowest BCUT2D eigenvalue weighted by Crippen LogP contribution is -2.45. The minimum absolute atomic E-state index is 0.0232. The van der Waals surface area contributed by atoms with Crippen LogP contribution in [0.3, 0.4) is 0 Å². The van der Waals surface area contributed by atoms with Crippen molar-refractivity contribution in [2.24, 2.45) is 11.8 Å². The lowest BCUT2D eigenvalue weighted by molar-refractivity contribution is -0.131. The fourth-order valence-corrected chi connectivity index (χ4v) is 3.69. The molecule has 2 fully saturated rings. The second kappa shape index (κ2) is 5.65. The molecule has 0 aromatic heterocycles. The van der Waals surface area contributed by atoms with E-state index in [1.807, 2.05) is 11.8 Å². The molecule has 19 heavy (non-hydrogen) atoms. The molecule has 1 saturated carbocycles. The standard InChI is InChI=1S/C15H28N2OS/c1-6-11(4)12-14(18)17(13(16-12)10(2)3)9-15(19-5)7-8-15/h10-13,16H,6-9H2,1-5H3. The van der Waals surface area contributed by atoms with Crippen molar-refractivity contribution in [3.63, 3.8) is 0 Å². The zero-order valence-corrected chi connectivity index (χ0v) is 13.7. The second-order valence-electron chi connectivity index (χ2n) is 6.57. The van der Waals surface area contributed by atoms with E-state index < -0.39 is 0 Å². The quantitative estimate of drug-likeness (QED) is 0.814. The topological polar surface area (TPSA) is 32.3 Å². The Kier molecular flexibility index (Phi) is 4.51. The molecule has 0 radical (unpaired) electrons. The van der Waals surface area contributed by atoms with Crippen LogP contribution in [0, 0.1) is 11.8 Å². The van der Waals surface area contributed by atoms with Gasteiger partial charge >= 0.3 is 0 Å². The normalized spacial score (nSPS) is 31.1. The number of thioether (sulfide) groups is 1. The lowest BCUT2D eigenvalue weighted by Gasteiger charge is -2.30. The summed E-state index contributed by atoms with van der Waals surface area (Å²) < 4.78 is 0.356. The lowest BCUT2D eigenvalue weighted by atomic mass is 9.99. The van der Waals surface area contributed by atoms with Gasteiger partial charge in [0.2, 0.25) is 5.91 Å². The highest BCUT2D eigenvalue weighted by Gasteiger charge is 2.50. The van der Waals surface area contributed by atoms with Crippen LogP contribution in [0.25, 0.3) is 0 Å². The van der Waals surface area contributed by atoms with Gasteiger partial charge in [-0.25, -0.2) is 0 Å². The molecule has 4 heteroatoms. The van der Waals surface area contributed by atoms with Gasteiger partial charge in [0.1, 0.15) is 0 Å². The maximum Gasteiger partial charge on any atom is 0.241 e. The first-order valence-electron chi connectivity index (χ1n) is 7.56. The number of rotatable bonds is 6. The van der Waals surface area contributed by atoms with E-state index in [1.54, 1.807) is 0 Å². The Hall–Kier alpha value is -0.220. The van der Waals surface area contributed by atoms with Crippen LogP contribution in [0.2, 0.25) is 0 Å². The molecule has 1 heterocycles. The molecular formula is C15H28N2OS. The third kappa shape index (κ3) is 2.94. The highest BCUT2D eigenvalue weighted by atomic mass is 32.2. The highest BCUT2D eigenvalue weighted by molar-refractivity contribution is 8.00. The average molecular weight is 284 g/mol. The average Bonchev–Trinajstić information content (AvgIpc) is 3.09. The summed E-state index contributed by atoms with van der Waals surface area (Å²) in [5.74, 6) is 1.22. The van der Waals surface area contributed by atoms with Crippen LogP contribution in [-0.2, 0) is 4.79 Å². The smallest absolute Gasteiger partial charge is 0.241 e. The summed E-state index contributed by atoms with van der Waals surface area (Å²) in [6.07, 6.45) is 5.97. The minimum atomic E-state index is 0.0232. The zero-order chi connectivity index (χ0) is 14.2. The molecule has 0 spiro atoms. The van der Waals surface area contributed by atoms with Gasteiger partial charge < -0.3 is 4.90 Å². The number of carbonyl (C=O) groups is 1. The van der Waals surface area contributed by atoms with Gasteiger partial charge in [0.15, 0.2) is 0 Å². The van der Waals surface area contributed by atoms with E-state index in [0.29, 0.717) is 22.5 Å². The van der Waals surface area contributed by atoms with E-state index in [-0.39, 0.29) is 12.2 Å². The van der Waals surface area contributed by atoms with Crippen LogP contribution < -0.4 is 5.32 Å². The van der Waals surface area contributed by atoms with Crippen molar-refractivity contribution in [2.45, 2.75) is 63.9 Å². The molecule has 1 aliphatic heterocycles. The van der Waals surface area contributed by atoms with E-state index >= 15 is 0 Å². The van der Waals surface area contributed by atoms with Gasteiger partial charge in [-0.05, 0) is 30.9 Å². The van der Waals surface area contributed by atoms with E-state index in [0.717, 1.165) is 13.0 Å². The summed E-state index contributed by atoms with van der Waals surface area (Å²) in [4.78, 5) is 14.8. The monoisotopic (exact) mass is 284 g/mol. The largest absolute Gasteiger partial charge is 0.324 e. The van der Waals surface area contributed by atoms with Crippen LogP contribution in [0.5, 0.6) is 0 Å². The molecule has 1 aliphatic carbocycles. The number of hydrogen-bond donors (Lipinski definition) is 1. The number of nitrogens with zero attached hydrogens (tertiary/aromatic N) is 1. The van der Waals surface area contributed by atoms with Gasteiger partial charge in [0.05, 0.1) is 12.2 Å². The minimum Gasteiger partial charge on any atom is -0.324 e. The SMILES string of the molecule is CCC(C)C1NC(C(C)C)N(CC2(SC)CC2)C1=O. The number of hydrogen-bond acceptors (Lipinski definition) is 3. The van der Waals surface area contributed by atoms with Crippen molar-refractivity contribution >= 4 is 17.7 Å². The Bertz CT molecular complexity index is 341. The Morgan fingerprint density at radius 1 is 1.42 bits per heavy atom. The van der Waals surface area contributed by atoms with Crippen molar-refractivity contribution < 1.29 is 4.79 Å². The molecule has 1 amide bonds. The van der Waals surface area contributed by atoms with E-state index in [9.17, 15) is 4.79 Å². The van der Waals surface area contributed by atoms with Gasteiger partial charge in [-0.15, -0.1) is 0 Å². The summed E-state index contributed by atoms with van der Waals surface area (Å²) in [5.41, 5.74) is 0. The zero-order valence-electron chi connectivity index (χ0n) is 12.9. The Labute approximate surface area is 121 Å². The van der Waals surface area contributed by atoms with Crippen molar-refractivity contribution in [2.75, 3.05) is 12.8 Å². The predicted octanol–water partition coefficient (Wildman–Crippen LogP) is 2.71. The molecule has 0 aromatic rings. The Balaban J connectivity index is 2.12. The summed E-state index contributed by atoms with van der Waals surface area (Å²) in [6.45, 7) is 9.68. The first kappa shape index (κ1) is 15.2. The summed E-state index contributed by atoms with van der Waals surface area (Å²) >= 11 is 1.93. The molecule has 2 aliphatic rings. The molecule has 1 saturated heterocycles. The number of amides is 1. The van der Waals surface area contributed by atoms with Gasteiger partial charge in [0.25, 0.3) is 0 Å². The number of carbonyl (C=O) groups excluding carboxylic acids is 1. The van der Waals surface area contributed by atoms with Gasteiger partial charge in [-0.1, -0.05) is 34.1 Å². The molecule has 0 aromatic carbocycles. The van der Waals surface area contributed by atoms with E-state index in [2.05, 4.69) is 44.2 Å². The molecule has 3 unspecified atom stereocenters. The maximum atomic E-state index is 12.7. The molecule has 0 bridgehead atoms. The van der Waals surface area contributed by atoms with Crippen LogP contribution in [0.1, 0.15) is 47.0 Å². The summed E-state index contributed by atoms with van der Waals surface area (Å²) in [6, 6.07) is 0.0232. The maximum absolute atomic E-state index is 12.7. The van der Waals surface area contributed by atoms with Gasteiger partial charge in [-0.3, -0.25) is 10.1 Å². The van der Waals surface area contributed by atoms with Crippen molar-refractivity contribution in [1.29, 1.82) is 0 Å². The van der Waals surface area contributed by atoms with Gasteiger partial charge in [-0.2, -0.15) is 11.8 Å². The van der Waals surface area contributed by atoms with E-state index in [1.165, 1.54) is 12.8 Å². The first-order valence-corrected chi connectivity index (χ1v) is 8.78. The Morgan fingerprint density at radius 2 is 2.05 bits per heavy atom. The fourth-order valence-electron chi connectivity index (χ4n) is 2.91. The van der Waals surface area contributed by atoms with Crippen molar-refractivity contribution in [3.05, 3.63) is 0 Å². The number of nitrogens with one attached hydrogen (secondary N) is 1. The van der Waals surface area contributed by atoms with Crippen LogP contribution >= 0.6 is 11.8 Å². The van der Waals surface area contributed by atoms with Crippen LogP contribution in [0.15, 0.2) is 0 Å². The van der Waals surface area contributed by atoms with Crippen LogP contribution in [-0.4, -0.2) is 40.6 Å². The fraction of sp³-hybridized carbons (Fsp3) is 0.933. The second-order valence-corrected chi connectivity index (χ2v) is 7.85. The third-order valence-electron chi connectivity index (χ3n) is 4.78. The third-order valence-corrected chi connectivity index (χ3v) is 6.18. The van der Waals surface area contributed by atoms with Crippen molar-refractivity contribution in [1.82, 2.24) is 10.2 Å². The molecule has 1 N–H and O–H groups in total.